The highest BCUT2D eigenvalue weighted by molar-refractivity contribution is 5.87. The van der Waals surface area contributed by atoms with Crippen LogP contribution in [0.1, 0.15) is 0 Å². The van der Waals surface area contributed by atoms with E-state index in [0.29, 0.717) is 17.4 Å². The van der Waals surface area contributed by atoms with Gasteiger partial charge in [-0.05, 0) is 35.0 Å². The van der Waals surface area contributed by atoms with Gasteiger partial charge >= 0.3 is 0 Å². The molecule has 0 aliphatic carbocycles. The number of nitrogens with one attached hydrogen (secondary N) is 1. The molecule has 1 N–H and O–H groups in total. The van der Waals surface area contributed by atoms with E-state index in [-0.39, 0.29) is 0 Å². The van der Waals surface area contributed by atoms with E-state index < -0.39 is 0 Å². The first kappa shape index (κ1) is 14.5. The van der Waals surface area contributed by atoms with Crippen molar-refractivity contribution in [2.24, 2.45) is 0 Å². The number of pyridine rings is 1. The number of nitrogens with zero attached hydrogens (tertiary/aromatic N) is 4. The Bertz CT molecular complexity index is 1190. The summed E-state index contributed by atoms with van der Waals surface area (Å²) < 4.78 is 5.36. The van der Waals surface area contributed by atoms with Crippen LogP contribution < -0.4 is 0 Å². The van der Waals surface area contributed by atoms with Crippen LogP contribution in [0.5, 0.6) is 0 Å². The minimum Gasteiger partial charge on any atom is -0.332 e. The maximum atomic E-state index is 5.36. The lowest BCUT2D eigenvalue weighted by Gasteiger charge is -2.00. The van der Waals surface area contributed by atoms with Gasteiger partial charge in [0.25, 0.3) is 5.89 Å². The normalized spacial score (nSPS) is 11.1. The molecule has 5 aromatic rings. The summed E-state index contributed by atoms with van der Waals surface area (Å²) >= 11 is 0. The van der Waals surface area contributed by atoms with Crippen molar-refractivity contribution < 1.29 is 4.52 Å². The number of benzene rings is 2. The van der Waals surface area contributed by atoms with Crippen molar-refractivity contribution in [3.8, 4) is 34.2 Å². The lowest BCUT2D eigenvalue weighted by molar-refractivity contribution is 0.431. The highest BCUT2D eigenvalue weighted by Gasteiger charge is 2.14. The van der Waals surface area contributed by atoms with Crippen LogP contribution in [-0.2, 0) is 0 Å². The number of rotatable bonds is 3. The topological polar surface area (TPSA) is 80.5 Å². The molecule has 6 heteroatoms. The summed E-state index contributed by atoms with van der Waals surface area (Å²) in [7, 11) is 0. The zero-order valence-corrected chi connectivity index (χ0v) is 13.6. The van der Waals surface area contributed by atoms with Gasteiger partial charge in [-0.2, -0.15) is 10.1 Å². The maximum Gasteiger partial charge on any atom is 0.276 e. The Morgan fingerprint density at radius 3 is 2.65 bits per heavy atom. The van der Waals surface area contributed by atoms with Gasteiger partial charge in [0.1, 0.15) is 5.69 Å². The highest BCUT2D eigenvalue weighted by Crippen LogP contribution is 2.27. The fraction of sp³-hybridized carbons (Fsp3) is 0. The molecule has 0 amide bonds. The maximum absolute atomic E-state index is 5.36. The van der Waals surface area contributed by atoms with Crippen LogP contribution in [0.25, 0.3) is 45.0 Å². The third-order valence-electron chi connectivity index (χ3n) is 4.20. The molecule has 0 aliphatic heterocycles. The number of aromatic amines is 1. The van der Waals surface area contributed by atoms with Crippen LogP contribution in [0, 0.1) is 0 Å². The summed E-state index contributed by atoms with van der Waals surface area (Å²) in [5, 5.41) is 13.7. The monoisotopic (exact) mass is 339 g/mol. The fourth-order valence-corrected chi connectivity index (χ4v) is 2.87. The number of aromatic nitrogens is 5. The van der Waals surface area contributed by atoms with E-state index in [4.69, 9.17) is 4.52 Å². The Labute approximate surface area is 148 Å². The van der Waals surface area contributed by atoms with Crippen molar-refractivity contribution in [3.63, 3.8) is 0 Å². The van der Waals surface area contributed by atoms with E-state index in [1.54, 1.807) is 12.4 Å². The Morgan fingerprint density at radius 1 is 0.846 bits per heavy atom. The molecule has 3 heterocycles. The van der Waals surface area contributed by atoms with Gasteiger partial charge in [0, 0.05) is 23.5 Å². The van der Waals surface area contributed by atoms with Crippen LogP contribution in [0.15, 0.2) is 77.6 Å². The van der Waals surface area contributed by atoms with E-state index in [0.717, 1.165) is 16.8 Å². The van der Waals surface area contributed by atoms with Gasteiger partial charge in [0.05, 0.1) is 5.69 Å². The molecular formula is C20H13N5O. The molecule has 5 rings (SSSR count). The van der Waals surface area contributed by atoms with Crippen molar-refractivity contribution in [3.05, 3.63) is 73.1 Å². The molecule has 0 fully saturated rings. The second kappa shape index (κ2) is 5.93. The van der Waals surface area contributed by atoms with Crippen LogP contribution in [-0.4, -0.2) is 25.3 Å². The van der Waals surface area contributed by atoms with Crippen LogP contribution in [0.2, 0.25) is 0 Å². The summed E-state index contributed by atoms with van der Waals surface area (Å²) in [5.41, 5.74) is 3.33. The number of hydrogen-bond donors (Lipinski definition) is 1. The molecule has 0 unspecified atom stereocenters. The first-order chi connectivity index (χ1) is 12.9. The molecule has 0 atom stereocenters. The van der Waals surface area contributed by atoms with E-state index in [2.05, 4.69) is 55.7 Å². The average Bonchev–Trinajstić information content (AvgIpc) is 3.38. The van der Waals surface area contributed by atoms with Crippen LogP contribution in [0.4, 0.5) is 0 Å². The van der Waals surface area contributed by atoms with Crippen molar-refractivity contribution in [2.45, 2.75) is 0 Å². The Morgan fingerprint density at radius 2 is 1.77 bits per heavy atom. The molecule has 0 saturated carbocycles. The molecule has 0 aliphatic rings. The molecule has 26 heavy (non-hydrogen) atoms. The quantitative estimate of drug-likeness (QED) is 0.529. The Balaban J connectivity index is 1.49. The van der Waals surface area contributed by atoms with E-state index in [9.17, 15) is 0 Å². The highest BCUT2D eigenvalue weighted by atomic mass is 16.5. The van der Waals surface area contributed by atoms with Gasteiger partial charge in [-0.3, -0.25) is 10.1 Å². The third kappa shape index (κ3) is 2.53. The number of fused-ring (bicyclic) bond motifs is 1. The molecular weight excluding hydrogens is 326 g/mol. The fourth-order valence-electron chi connectivity index (χ4n) is 2.87. The second-order valence-corrected chi connectivity index (χ2v) is 5.89. The largest absolute Gasteiger partial charge is 0.332 e. The van der Waals surface area contributed by atoms with Gasteiger partial charge in [-0.25, -0.2) is 0 Å². The van der Waals surface area contributed by atoms with E-state index >= 15 is 0 Å². The van der Waals surface area contributed by atoms with E-state index in [1.807, 2.05) is 30.3 Å². The zero-order valence-electron chi connectivity index (χ0n) is 13.6. The zero-order chi connectivity index (χ0) is 17.3. The predicted octanol–water partition coefficient (Wildman–Crippen LogP) is 4.34. The summed E-state index contributed by atoms with van der Waals surface area (Å²) in [5.74, 6) is 0.887. The second-order valence-electron chi connectivity index (χ2n) is 5.89. The van der Waals surface area contributed by atoms with Crippen LogP contribution in [0.3, 0.4) is 0 Å². The molecule has 124 valence electrons. The van der Waals surface area contributed by atoms with E-state index in [1.165, 1.54) is 10.8 Å². The summed E-state index contributed by atoms with van der Waals surface area (Å²) in [6.45, 7) is 0. The van der Waals surface area contributed by atoms with Gasteiger partial charge in [-0.15, -0.1) is 0 Å². The predicted molar refractivity (Wildman–Crippen MR) is 98.1 cm³/mol. The molecule has 0 spiro atoms. The van der Waals surface area contributed by atoms with Gasteiger partial charge in [0.15, 0.2) is 0 Å². The third-order valence-corrected chi connectivity index (χ3v) is 4.20. The number of hydrogen-bond acceptors (Lipinski definition) is 5. The molecule has 0 saturated heterocycles. The minimum absolute atomic E-state index is 0.392. The minimum atomic E-state index is 0.392. The average molecular weight is 339 g/mol. The van der Waals surface area contributed by atoms with Crippen molar-refractivity contribution in [2.75, 3.05) is 0 Å². The molecule has 2 aromatic carbocycles. The number of H-pyrrole nitrogens is 1. The van der Waals surface area contributed by atoms with Gasteiger partial charge in [-0.1, -0.05) is 41.6 Å². The summed E-state index contributed by atoms with van der Waals surface area (Å²) in [6.07, 6.45) is 3.40. The van der Waals surface area contributed by atoms with Crippen molar-refractivity contribution in [1.29, 1.82) is 0 Å². The Kier molecular flexibility index (Phi) is 3.31. The van der Waals surface area contributed by atoms with Crippen molar-refractivity contribution >= 4 is 10.8 Å². The van der Waals surface area contributed by atoms with Gasteiger partial charge < -0.3 is 4.52 Å². The van der Waals surface area contributed by atoms with Gasteiger partial charge in [0.2, 0.25) is 5.82 Å². The molecule has 6 nitrogen and oxygen atoms in total. The standard InChI is InChI=1S/C20H13N5O/c1-2-5-14-10-15(8-7-13(14)4-1)17-11-18(24-23-17)20-22-19(25-26-20)16-6-3-9-21-12-16/h1-12H,(H,23,24). The summed E-state index contributed by atoms with van der Waals surface area (Å²) in [6, 6.07) is 20.1. The Hall–Kier alpha value is -3.80. The smallest absolute Gasteiger partial charge is 0.276 e. The van der Waals surface area contributed by atoms with Crippen molar-refractivity contribution in [1.82, 2.24) is 25.3 Å². The first-order valence-electron chi connectivity index (χ1n) is 8.16. The van der Waals surface area contributed by atoms with Crippen LogP contribution >= 0.6 is 0 Å². The molecule has 0 bridgehead atoms. The summed E-state index contributed by atoms with van der Waals surface area (Å²) in [4.78, 5) is 8.49. The molecule has 0 radical (unpaired) electrons. The lowest BCUT2D eigenvalue weighted by Crippen LogP contribution is -1.82. The SMILES string of the molecule is c1cncc(-c2noc(-c3cc(-c4ccc5ccccc5c4)n[nH]3)n2)c1. The first-order valence-corrected chi connectivity index (χ1v) is 8.16. The lowest BCUT2D eigenvalue weighted by atomic mass is 10.1. The molecule has 3 aromatic heterocycles.